The number of nitrogens with two attached hydrogens (primary N) is 1. The van der Waals surface area contributed by atoms with E-state index in [-0.39, 0.29) is 0 Å². The van der Waals surface area contributed by atoms with E-state index in [2.05, 4.69) is 0 Å². The lowest BCUT2D eigenvalue weighted by atomic mass is 10.5. The molecule has 0 aromatic carbocycles. The van der Waals surface area contributed by atoms with Crippen LogP contribution in [0.2, 0.25) is 0 Å². The van der Waals surface area contributed by atoms with E-state index >= 15 is 0 Å². The number of hydrogen-bond donors (Lipinski definition) is 1. The van der Waals surface area contributed by atoms with Gasteiger partial charge in [-0.25, -0.2) is 0 Å². The molecule has 0 saturated carbocycles. The molecule has 2 N–H and O–H groups in total. The van der Waals surface area contributed by atoms with E-state index in [1.165, 1.54) is 0 Å². The van der Waals surface area contributed by atoms with Crippen molar-refractivity contribution in [1.82, 2.24) is 0 Å². The molecular weight excluding hydrogens is 130 g/mol. The molecule has 3 nitrogen and oxygen atoms in total. The van der Waals surface area contributed by atoms with Gasteiger partial charge in [0.15, 0.2) is 5.76 Å². The number of ether oxygens (including phenoxy) is 2. The lowest BCUT2D eigenvalue weighted by Gasteiger charge is -2.15. The van der Waals surface area contributed by atoms with Gasteiger partial charge in [0.25, 0.3) is 0 Å². The van der Waals surface area contributed by atoms with Crippen LogP contribution in [0.15, 0.2) is 11.6 Å². The molecule has 0 bridgehead atoms. The maximum Gasteiger partial charge on any atom is 0.223 e. The van der Waals surface area contributed by atoms with Gasteiger partial charge in [0.05, 0.1) is 0 Å². The third kappa shape index (κ3) is 2.62. The monoisotopic (exact) mass is 145 g/mol. The molecule has 0 aromatic heterocycles. The Bertz CT molecular complexity index is 107. The molecule has 1 aliphatic heterocycles. The molecule has 0 aromatic rings. The molecule has 0 fully saturated rings. The lowest BCUT2D eigenvalue weighted by molar-refractivity contribution is 0.0621. The minimum atomic E-state index is 0.413. The van der Waals surface area contributed by atoms with Gasteiger partial charge < -0.3 is 15.2 Å². The first-order chi connectivity index (χ1) is 4.80. The average molecular weight is 145 g/mol. The van der Waals surface area contributed by atoms with Crippen molar-refractivity contribution in [3.05, 3.63) is 11.6 Å². The molecule has 1 rings (SSSR count). The van der Waals surface area contributed by atoms with Crippen LogP contribution in [0.5, 0.6) is 0 Å². The molecular formula is C7H15NO2. The van der Waals surface area contributed by atoms with Crippen LogP contribution in [0, 0.1) is 0 Å². The third-order valence-electron chi connectivity index (χ3n) is 1.01. The summed E-state index contributed by atoms with van der Waals surface area (Å²) in [6.07, 6.45) is 0. The largest absolute Gasteiger partial charge is 0.489 e. The van der Waals surface area contributed by atoms with E-state index in [4.69, 9.17) is 15.2 Å². The van der Waals surface area contributed by atoms with E-state index in [0.29, 0.717) is 24.9 Å². The molecule has 0 amide bonds. The first-order valence-corrected chi connectivity index (χ1v) is 3.52. The summed E-state index contributed by atoms with van der Waals surface area (Å²) in [7, 11) is 0. The summed E-state index contributed by atoms with van der Waals surface area (Å²) < 4.78 is 9.94. The van der Waals surface area contributed by atoms with Crippen molar-refractivity contribution >= 4 is 0 Å². The van der Waals surface area contributed by atoms with Crippen molar-refractivity contribution in [2.24, 2.45) is 5.73 Å². The Kier molecular flexibility index (Phi) is 4.54. The SMILES string of the molecule is CC.CC1=C(N)OCCO1. The van der Waals surface area contributed by atoms with E-state index in [9.17, 15) is 0 Å². The topological polar surface area (TPSA) is 44.5 Å². The summed E-state index contributed by atoms with van der Waals surface area (Å²) in [5.41, 5.74) is 5.31. The Morgan fingerprint density at radius 1 is 1.20 bits per heavy atom. The van der Waals surface area contributed by atoms with E-state index < -0.39 is 0 Å². The number of allylic oxidation sites excluding steroid dienone is 1. The van der Waals surface area contributed by atoms with Crippen molar-refractivity contribution in [3.63, 3.8) is 0 Å². The summed E-state index contributed by atoms with van der Waals surface area (Å²) in [6.45, 7) is 6.98. The Labute approximate surface area is 61.8 Å². The van der Waals surface area contributed by atoms with Crippen molar-refractivity contribution < 1.29 is 9.47 Å². The summed E-state index contributed by atoms with van der Waals surface area (Å²) in [6, 6.07) is 0. The molecule has 0 spiro atoms. The van der Waals surface area contributed by atoms with Crippen LogP contribution >= 0.6 is 0 Å². The van der Waals surface area contributed by atoms with E-state index in [1.807, 2.05) is 13.8 Å². The minimum absolute atomic E-state index is 0.413. The predicted molar refractivity (Wildman–Crippen MR) is 40.1 cm³/mol. The second-order valence-corrected chi connectivity index (χ2v) is 1.62. The zero-order valence-electron chi connectivity index (χ0n) is 6.81. The van der Waals surface area contributed by atoms with Crippen LogP contribution in [0.1, 0.15) is 20.8 Å². The maximum atomic E-state index is 5.31. The molecule has 3 heteroatoms. The normalized spacial score (nSPS) is 16.3. The highest BCUT2D eigenvalue weighted by atomic mass is 16.6. The van der Waals surface area contributed by atoms with Crippen LogP contribution < -0.4 is 5.73 Å². The fourth-order valence-corrected chi connectivity index (χ4v) is 0.519. The lowest BCUT2D eigenvalue weighted by Crippen LogP contribution is -2.17. The van der Waals surface area contributed by atoms with Crippen molar-refractivity contribution in [2.45, 2.75) is 20.8 Å². The van der Waals surface area contributed by atoms with Gasteiger partial charge >= 0.3 is 0 Å². The Morgan fingerprint density at radius 3 is 2.00 bits per heavy atom. The summed E-state index contributed by atoms with van der Waals surface area (Å²) >= 11 is 0. The van der Waals surface area contributed by atoms with E-state index in [0.717, 1.165) is 0 Å². The highest BCUT2D eigenvalue weighted by molar-refractivity contribution is 4.95. The Morgan fingerprint density at radius 2 is 1.70 bits per heavy atom. The van der Waals surface area contributed by atoms with Crippen LogP contribution in [-0.2, 0) is 9.47 Å². The Hall–Kier alpha value is -0.860. The van der Waals surface area contributed by atoms with Gasteiger partial charge in [0, 0.05) is 0 Å². The molecule has 0 unspecified atom stereocenters. The van der Waals surface area contributed by atoms with Crippen LogP contribution in [0.4, 0.5) is 0 Å². The fourth-order valence-electron chi connectivity index (χ4n) is 0.519. The summed E-state index contributed by atoms with van der Waals surface area (Å²) in [5.74, 6) is 1.10. The van der Waals surface area contributed by atoms with Gasteiger partial charge in [0.1, 0.15) is 13.2 Å². The van der Waals surface area contributed by atoms with Crippen molar-refractivity contribution in [3.8, 4) is 0 Å². The van der Waals surface area contributed by atoms with Crippen LogP contribution in [0.3, 0.4) is 0 Å². The van der Waals surface area contributed by atoms with Gasteiger partial charge in [0.2, 0.25) is 5.88 Å². The highest BCUT2D eigenvalue weighted by Gasteiger charge is 2.05. The molecule has 1 aliphatic rings. The molecule has 0 atom stereocenters. The number of rotatable bonds is 0. The zero-order chi connectivity index (χ0) is 7.98. The standard InChI is InChI=1S/C5H9NO2.C2H6/c1-4-5(6)8-3-2-7-4;1-2/h2-3,6H2,1H3;1-2H3. The summed E-state index contributed by atoms with van der Waals surface area (Å²) in [4.78, 5) is 0. The van der Waals surface area contributed by atoms with Crippen LogP contribution in [-0.4, -0.2) is 13.2 Å². The average Bonchev–Trinajstić information content (AvgIpc) is 2.00. The Balaban J connectivity index is 0.000000371. The second-order valence-electron chi connectivity index (χ2n) is 1.62. The van der Waals surface area contributed by atoms with Crippen molar-refractivity contribution in [1.29, 1.82) is 0 Å². The fraction of sp³-hybridized carbons (Fsp3) is 0.714. The molecule has 1 heterocycles. The second kappa shape index (κ2) is 4.97. The number of hydrogen-bond acceptors (Lipinski definition) is 3. The van der Waals surface area contributed by atoms with Gasteiger partial charge in [-0.1, -0.05) is 13.8 Å². The third-order valence-corrected chi connectivity index (χ3v) is 1.01. The van der Waals surface area contributed by atoms with Gasteiger partial charge in [-0.15, -0.1) is 0 Å². The predicted octanol–water partition coefficient (Wildman–Crippen LogP) is 1.21. The van der Waals surface area contributed by atoms with E-state index in [1.54, 1.807) is 6.92 Å². The highest BCUT2D eigenvalue weighted by Crippen LogP contribution is 2.05. The molecule has 0 radical (unpaired) electrons. The first-order valence-electron chi connectivity index (χ1n) is 3.52. The quantitative estimate of drug-likeness (QED) is 0.557. The first kappa shape index (κ1) is 9.14. The minimum Gasteiger partial charge on any atom is -0.489 e. The molecule has 0 aliphatic carbocycles. The molecule has 0 saturated heterocycles. The van der Waals surface area contributed by atoms with Crippen molar-refractivity contribution in [2.75, 3.05) is 13.2 Å². The van der Waals surface area contributed by atoms with Gasteiger partial charge in [-0.3, -0.25) is 0 Å². The zero-order valence-corrected chi connectivity index (χ0v) is 6.81. The smallest absolute Gasteiger partial charge is 0.223 e. The maximum absolute atomic E-state index is 5.31. The molecule has 60 valence electrons. The summed E-state index contributed by atoms with van der Waals surface area (Å²) in [5, 5.41) is 0. The van der Waals surface area contributed by atoms with Gasteiger partial charge in [-0.05, 0) is 6.92 Å². The molecule has 10 heavy (non-hydrogen) atoms. The van der Waals surface area contributed by atoms with Crippen LogP contribution in [0.25, 0.3) is 0 Å². The van der Waals surface area contributed by atoms with Gasteiger partial charge in [-0.2, -0.15) is 0 Å².